The Kier molecular flexibility index (Phi) is 3.54. The molecule has 6 heteroatoms. The Labute approximate surface area is 110 Å². The minimum Gasteiger partial charge on any atom is -0.618 e. The van der Waals surface area contributed by atoms with Crippen LogP contribution in [0.2, 0.25) is 5.02 Å². The molecule has 0 aliphatic rings. The maximum Gasteiger partial charge on any atom is 0.308 e. The lowest BCUT2D eigenvalue weighted by molar-refractivity contribution is -0.646. The third kappa shape index (κ3) is 2.63. The minimum absolute atomic E-state index is 0.273. The van der Waals surface area contributed by atoms with E-state index in [0.717, 1.165) is 6.20 Å². The molecule has 1 aromatic carbocycles. The van der Waals surface area contributed by atoms with Crippen molar-refractivity contribution in [3.63, 3.8) is 0 Å². The zero-order chi connectivity index (χ0) is 13.2. The van der Waals surface area contributed by atoms with Gasteiger partial charge in [-0.3, -0.25) is 0 Å². The largest absolute Gasteiger partial charge is 0.618 e. The van der Waals surface area contributed by atoms with Crippen LogP contribution in [0.4, 0.5) is 0 Å². The van der Waals surface area contributed by atoms with Crippen LogP contribution in [0.15, 0.2) is 53.7 Å². The van der Waals surface area contributed by atoms with Crippen molar-refractivity contribution in [1.82, 2.24) is 0 Å². The van der Waals surface area contributed by atoms with Crippen LogP contribution >= 0.6 is 11.6 Å². The Hall–Kier alpha value is -1.59. The van der Waals surface area contributed by atoms with E-state index in [1.54, 1.807) is 24.3 Å². The molecule has 0 saturated heterocycles. The fraction of sp³-hybridized carbons (Fsp3) is 0.0833. The number of rotatable bonds is 3. The zero-order valence-electron chi connectivity index (χ0n) is 9.28. The van der Waals surface area contributed by atoms with Crippen LogP contribution < -0.4 is 4.73 Å². The monoisotopic (exact) mass is 283 g/mol. The van der Waals surface area contributed by atoms with Crippen molar-refractivity contribution in [1.29, 1.82) is 0 Å². The summed E-state index contributed by atoms with van der Waals surface area (Å²) in [4.78, 5) is 0. The van der Waals surface area contributed by atoms with Gasteiger partial charge in [-0.2, -0.15) is 4.73 Å². The molecule has 1 aromatic heterocycles. The van der Waals surface area contributed by atoms with Crippen LogP contribution in [0.3, 0.4) is 0 Å². The summed E-state index contributed by atoms with van der Waals surface area (Å²) in [6.45, 7) is 0. The summed E-state index contributed by atoms with van der Waals surface area (Å²) >= 11 is 5.91. The molecule has 0 fully saturated rings. The lowest BCUT2D eigenvalue weighted by Gasteiger charge is -2.06. The van der Waals surface area contributed by atoms with Gasteiger partial charge in [0.2, 0.25) is 9.84 Å². The first-order valence-electron chi connectivity index (χ1n) is 5.15. The average Bonchev–Trinajstić information content (AvgIpc) is 2.32. The average molecular weight is 284 g/mol. The molecule has 0 spiro atoms. The first kappa shape index (κ1) is 12.9. The van der Waals surface area contributed by atoms with Gasteiger partial charge in [0.15, 0.2) is 6.20 Å². The Morgan fingerprint density at radius 1 is 1.11 bits per heavy atom. The van der Waals surface area contributed by atoms with Crippen molar-refractivity contribution < 1.29 is 13.1 Å². The molecule has 0 amide bonds. The smallest absolute Gasteiger partial charge is 0.308 e. The third-order valence-corrected chi connectivity index (χ3v) is 4.42. The molecule has 18 heavy (non-hydrogen) atoms. The third-order valence-electron chi connectivity index (χ3n) is 2.41. The van der Waals surface area contributed by atoms with E-state index in [2.05, 4.69) is 0 Å². The van der Waals surface area contributed by atoms with Crippen LogP contribution in [-0.2, 0) is 15.6 Å². The second kappa shape index (κ2) is 4.96. The van der Waals surface area contributed by atoms with Crippen molar-refractivity contribution in [3.05, 3.63) is 64.5 Å². The summed E-state index contributed by atoms with van der Waals surface area (Å²) < 4.78 is 24.5. The Morgan fingerprint density at radius 3 is 2.44 bits per heavy atom. The van der Waals surface area contributed by atoms with Crippen molar-refractivity contribution in [2.24, 2.45) is 0 Å². The number of benzene rings is 1. The van der Waals surface area contributed by atoms with Gasteiger partial charge in [-0.05, 0) is 17.7 Å². The van der Waals surface area contributed by atoms with Gasteiger partial charge in [0.1, 0.15) is 0 Å². The number of halogens is 1. The highest BCUT2D eigenvalue weighted by molar-refractivity contribution is 7.90. The number of nitrogens with zero attached hydrogens (tertiary/aromatic N) is 1. The number of sulfone groups is 1. The Morgan fingerprint density at radius 2 is 1.78 bits per heavy atom. The van der Waals surface area contributed by atoms with Crippen molar-refractivity contribution in [2.75, 3.05) is 0 Å². The van der Waals surface area contributed by atoms with Crippen LogP contribution in [0.1, 0.15) is 5.56 Å². The summed E-state index contributed by atoms with van der Waals surface area (Å²) in [6, 6.07) is 10.9. The van der Waals surface area contributed by atoms with E-state index in [9.17, 15) is 13.6 Å². The van der Waals surface area contributed by atoms with E-state index in [0.29, 0.717) is 15.3 Å². The second-order valence-electron chi connectivity index (χ2n) is 3.72. The summed E-state index contributed by atoms with van der Waals surface area (Å²) in [5.41, 5.74) is 0.475. The molecule has 2 aromatic rings. The van der Waals surface area contributed by atoms with Crippen LogP contribution in [0, 0.1) is 5.21 Å². The fourth-order valence-electron chi connectivity index (χ4n) is 1.55. The predicted molar refractivity (Wildman–Crippen MR) is 67.7 cm³/mol. The van der Waals surface area contributed by atoms with Gasteiger partial charge in [0.25, 0.3) is 0 Å². The van der Waals surface area contributed by atoms with Gasteiger partial charge in [-0.25, -0.2) is 8.42 Å². The minimum atomic E-state index is -3.70. The Bertz CT molecular complexity index is 671. The maximum absolute atomic E-state index is 12.1. The van der Waals surface area contributed by atoms with E-state index < -0.39 is 9.84 Å². The molecule has 0 radical (unpaired) electrons. The molecule has 0 aliphatic carbocycles. The second-order valence-corrected chi connectivity index (χ2v) is 6.06. The maximum atomic E-state index is 12.1. The molecule has 0 N–H and O–H groups in total. The van der Waals surface area contributed by atoms with Crippen molar-refractivity contribution in [3.8, 4) is 0 Å². The highest BCUT2D eigenvalue weighted by Gasteiger charge is 2.24. The molecule has 2 rings (SSSR count). The normalized spacial score (nSPS) is 11.4. The van der Waals surface area contributed by atoms with Crippen LogP contribution in [0.5, 0.6) is 0 Å². The van der Waals surface area contributed by atoms with E-state index in [1.165, 1.54) is 18.2 Å². The van der Waals surface area contributed by atoms with Crippen molar-refractivity contribution in [2.45, 2.75) is 10.8 Å². The molecule has 1 heterocycles. The molecule has 0 atom stereocenters. The summed E-state index contributed by atoms with van der Waals surface area (Å²) in [6.07, 6.45) is 1.15. The van der Waals surface area contributed by atoms with E-state index >= 15 is 0 Å². The predicted octanol–water partition coefficient (Wildman–Crippen LogP) is 1.95. The highest BCUT2D eigenvalue weighted by Crippen LogP contribution is 2.20. The summed E-state index contributed by atoms with van der Waals surface area (Å²) in [7, 11) is -3.70. The van der Waals surface area contributed by atoms with Gasteiger partial charge >= 0.3 is 5.03 Å². The topological polar surface area (TPSA) is 61.1 Å². The summed E-state index contributed by atoms with van der Waals surface area (Å²) in [5.74, 6) is -0.293. The first-order valence-corrected chi connectivity index (χ1v) is 7.18. The molecule has 0 aliphatic heterocycles. The molecular formula is C12H10ClNO3S. The van der Waals surface area contributed by atoms with Crippen LogP contribution in [-0.4, -0.2) is 8.42 Å². The lowest BCUT2D eigenvalue weighted by atomic mass is 10.2. The number of hydrogen-bond donors (Lipinski definition) is 0. The van der Waals surface area contributed by atoms with Gasteiger partial charge in [-0.15, -0.1) is 0 Å². The zero-order valence-corrected chi connectivity index (χ0v) is 10.9. The molecule has 0 bridgehead atoms. The molecule has 0 saturated carbocycles. The summed E-state index contributed by atoms with van der Waals surface area (Å²) in [5, 5.41) is 11.5. The SMILES string of the molecule is O=S(=O)(Cc1ccccc1Cl)c1cccc[n+]1[O-]. The number of aromatic nitrogens is 1. The van der Waals surface area contributed by atoms with Gasteiger partial charge in [0.05, 0.1) is 5.75 Å². The first-order chi connectivity index (χ1) is 8.50. The molecule has 4 nitrogen and oxygen atoms in total. The fourth-order valence-corrected chi connectivity index (χ4v) is 3.26. The van der Waals surface area contributed by atoms with Crippen molar-refractivity contribution >= 4 is 21.4 Å². The molecule has 0 unspecified atom stereocenters. The van der Waals surface area contributed by atoms with Gasteiger partial charge < -0.3 is 5.21 Å². The quantitative estimate of drug-likeness (QED) is 0.639. The Balaban J connectivity index is 2.40. The standard InChI is InChI=1S/C12H10ClNO3S/c13-11-6-2-1-5-10(11)9-18(16,17)12-7-3-4-8-14(12)15/h1-8H,9H2. The lowest BCUT2D eigenvalue weighted by Crippen LogP contribution is -2.33. The highest BCUT2D eigenvalue weighted by atomic mass is 35.5. The van der Waals surface area contributed by atoms with E-state index in [-0.39, 0.29) is 10.8 Å². The molecule has 94 valence electrons. The van der Waals surface area contributed by atoms with Crippen LogP contribution in [0.25, 0.3) is 0 Å². The van der Waals surface area contributed by atoms with E-state index in [4.69, 9.17) is 11.6 Å². The number of hydrogen-bond acceptors (Lipinski definition) is 3. The molecular weight excluding hydrogens is 274 g/mol. The number of pyridine rings is 1. The van der Waals surface area contributed by atoms with E-state index in [1.807, 2.05) is 0 Å². The van der Waals surface area contributed by atoms with Gasteiger partial charge in [0, 0.05) is 17.2 Å². The van der Waals surface area contributed by atoms with Gasteiger partial charge in [-0.1, -0.05) is 29.8 Å².